The van der Waals surface area contributed by atoms with Crippen LogP contribution in [0.4, 0.5) is 23.7 Å². The zero-order valence-corrected chi connectivity index (χ0v) is 16.7. The van der Waals surface area contributed by atoms with Crippen LogP contribution >= 0.6 is 24.2 Å². The van der Waals surface area contributed by atoms with Gasteiger partial charge in [0.2, 0.25) is 0 Å². The fraction of sp³-hybridized carbons (Fsp3) is 0.556. The number of rotatable bonds is 5. The zero-order chi connectivity index (χ0) is 18.7. The molecule has 2 aliphatic rings. The third-order valence-corrected chi connectivity index (χ3v) is 5.98. The van der Waals surface area contributed by atoms with Crippen molar-refractivity contribution >= 4 is 40.8 Å². The van der Waals surface area contributed by atoms with Gasteiger partial charge in [0.05, 0.1) is 10.8 Å². The Bertz CT molecular complexity index is 691. The van der Waals surface area contributed by atoms with E-state index in [-0.39, 0.29) is 22.9 Å². The van der Waals surface area contributed by atoms with Crippen molar-refractivity contribution in [3.05, 3.63) is 29.8 Å². The topological polar surface area (TPSA) is 35.9 Å². The number of carbonyl (C=O) groups excluding carboxylic acids is 1. The number of anilines is 1. The van der Waals surface area contributed by atoms with E-state index < -0.39 is 11.7 Å². The van der Waals surface area contributed by atoms with Crippen molar-refractivity contribution in [2.45, 2.75) is 31.2 Å². The molecule has 1 amide bonds. The van der Waals surface area contributed by atoms with Crippen LogP contribution in [0.2, 0.25) is 0 Å². The third kappa shape index (κ3) is 5.86. The molecule has 1 aromatic carbocycles. The lowest BCUT2D eigenvalue weighted by molar-refractivity contribution is -0.137. The molecule has 0 N–H and O–H groups in total. The first-order chi connectivity index (χ1) is 12.3. The second kappa shape index (κ2) is 9.30. The first-order valence-corrected chi connectivity index (χ1v) is 9.61. The Morgan fingerprint density at radius 1 is 1.22 bits per heavy atom. The molecule has 0 aromatic heterocycles. The van der Waals surface area contributed by atoms with E-state index in [0.29, 0.717) is 5.69 Å². The van der Waals surface area contributed by atoms with Crippen molar-refractivity contribution in [3.63, 3.8) is 0 Å². The van der Waals surface area contributed by atoms with Gasteiger partial charge in [0.15, 0.2) is 0 Å². The number of thioether (sulfide) groups is 1. The largest absolute Gasteiger partial charge is 0.416 e. The summed E-state index contributed by atoms with van der Waals surface area (Å²) < 4.78 is 38.6. The molecular weight excluding hydrogens is 399 g/mol. The fourth-order valence-electron chi connectivity index (χ4n) is 3.33. The molecule has 0 saturated carbocycles. The predicted molar refractivity (Wildman–Crippen MR) is 106 cm³/mol. The van der Waals surface area contributed by atoms with Gasteiger partial charge >= 0.3 is 11.4 Å². The Kier molecular flexibility index (Phi) is 7.59. The number of hydrogen-bond donors (Lipinski definition) is 0. The molecule has 0 radical (unpaired) electrons. The van der Waals surface area contributed by atoms with Gasteiger partial charge in [-0.1, -0.05) is 17.8 Å². The highest BCUT2D eigenvalue weighted by atomic mass is 35.5. The van der Waals surface area contributed by atoms with Crippen LogP contribution in [0.15, 0.2) is 29.3 Å². The molecule has 0 aliphatic carbocycles. The molecule has 27 heavy (non-hydrogen) atoms. The maximum atomic E-state index is 12.9. The molecule has 150 valence electrons. The molecule has 1 saturated heterocycles. The van der Waals surface area contributed by atoms with Gasteiger partial charge in [0.1, 0.15) is 0 Å². The van der Waals surface area contributed by atoms with E-state index in [1.165, 1.54) is 23.9 Å². The summed E-state index contributed by atoms with van der Waals surface area (Å²) >= 11 is 1.30. The van der Waals surface area contributed by atoms with Gasteiger partial charge in [-0.25, -0.2) is 4.99 Å². The summed E-state index contributed by atoms with van der Waals surface area (Å²) in [5.41, 5.74) is 0.944. The molecule has 2 heterocycles. The average molecular weight is 422 g/mol. The van der Waals surface area contributed by atoms with Crippen LogP contribution in [0.3, 0.4) is 0 Å². The fourth-order valence-corrected chi connectivity index (χ4v) is 4.27. The van der Waals surface area contributed by atoms with Crippen LogP contribution < -0.4 is 4.90 Å². The van der Waals surface area contributed by atoms with Crippen molar-refractivity contribution in [1.29, 1.82) is 0 Å². The summed E-state index contributed by atoms with van der Waals surface area (Å²) in [7, 11) is 0. The highest BCUT2D eigenvalue weighted by Gasteiger charge is 2.31. The summed E-state index contributed by atoms with van der Waals surface area (Å²) in [6.07, 6.45) is -2.39. The summed E-state index contributed by atoms with van der Waals surface area (Å²) in [4.78, 5) is 19.6. The highest BCUT2D eigenvalue weighted by molar-refractivity contribution is 8.15. The molecule has 4 nitrogen and oxygen atoms in total. The van der Waals surface area contributed by atoms with Gasteiger partial charge in [-0.3, -0.25) is 9.69 Å². The molecule has 2 aliphatic heterocycles. The van der Waals surface area contributed by atoms with Crippen LogP contribution in [0, 0.1) is 0 Å². The lowest BCUT2D eigenvalue weighted by atomic mass is 10.1. The summed E-state index contributed by atoms with van der Waals surface area (Å²) in [5, 5.41) is 0.107. The lowest BCUT2D eigenvalue weighted by Crippen LogP contribution is -2.46. The van der Waals surface area contributed by atoms with E-state index in [2.05, 4.69) is 9.89 Å². The molecule has 0 bridgehead atoms. The van der Waals surface area contributed by atoms with E-state index in [4.69, 9.17) is 0 Å². The highest BCUT2D eigenvalue weighted by Crippen LogP contribution is 2.32. The van der Waals surface area contributed by atoms with Crippen molar-refractivity contribution in [1.82, 2.24) is 4.90 Å². The number of benzene rings is 1. The van der Waals surface area contributed by atoms with Crippen molar-refractivity contribution in [2.75, 3.05) is 37.6 Å². The number of piperazine rings is 1. The van der Waals surface area contributed by atoms with E-state index in [1.807, 2.05) is 11.8 Å². The number of halogens is 4. The van der Waals surface area contributed by atoms with Crippen LogP contribution in [0.5, 0.6) is 0 Å². The van der Waals surface area contributed by atoms with Crippen LogP contribution in [0.25, 0.3) is 0 Å². The number of carbonyl (C=O) groups is 1. The smallest absolute Gasteiger partial charge is 0.369 e. The Morgan fingerprint density at radius 2 is 1.93 bits per heavy atom. The van der Waals surface area contributed by atoms with Gasteiger partial charge < -0.3 is 4.90 Å². The molecule has 9 heteroatoms. The van der Waals surface area contributed by atoms with Crippen LogP contribution in [0.1, 0.15) is 25.3 Å². The Morgan fingerprint density at radius 3 is 2.52 bits per heavy atom. The molecule has 1 unspecified atom stereocenters. The summed E-state index contributed by atoms with van der Waals surface area (Å²) in [6.45, 7) is 5.95. The number of amides is 1. The second-order valence-electron chi connectivity index (χ2n) is 6.64. The molecule has 3 rings (SSSR count). The Balaban J connectivity index is 0.00000261. The Labute approximate surface area is 167 Å². The van der Waals surface area contributed by atoms with Gasteiger partial charge in [-0.2, -0.15) is 13.2 Å². The monoisotopic (exact) mass is 421 g/mol. The van der Waals surface area contributed by atoms with Crippen LogP contribution in [-0.4, -0.2) is 53.8 Å². The minimum absolute atomic E-state index is 0. The molecule has 1 atom stereocenters. The standard InChI is InChI=1S/C18H22F3N3OS.ClH/c1-13-16(26-17(25)22-13)6-3-7-23-8-10-24(11-9-23)15-5-2-4-14(12-15)18(19,20)21;/h2,4-5,12,16H,3,6-11H2,1H3;1H. The minimum atomic E-state index is -4.31. The quantitative estimate of drug-likeness (QED) is 0.688. The molecule has 0 spiro atoms. The second-order valence-corrected chi connectivity index (χ2v) is 7.80. The van der Waals surface area contributed by atoms with Gasteiger partial charge in [-0.15, -0.1) is 12.4 Å². The molecule has 1 fully saturated rings. The van der Waals surface area contributed by atoms with E-state index in [9.17, 15) is 18.0 Å². The lowest BCUT2D eigenvalue weighted by Gasteiger charge is -2.36. The Hall–Kier alpha value is -1.25. The predicted octanol–water partition coefficient (Wildman–Crippen LogP) is 4.73. The van der Waals surface area contributed by atoms with Gasteiger partial charge in [0, 0.05) is 37.6 Å². The van der Waals surface area contributed by atoms with E-state index >= 15 is 0 Å². The van der Waals surface area contributed by atoms with Crippen molar-refractivity contribution in [3.8, 4) is 0 Å². The first-order valence-electron chi connectivity index (χ1n) is 8.73. The maximum absolute atomic E-state index is 12.9. The maximum Gasteiger partial charge on any atom is 0.416 e. The summed E-state index contributed by atoms with van der Waals surface area (Å²) in [5.74, 6) is 0. The van der Waals surface area contributed by atoms with Crippen molar-refractivity contribution < 1.29 is 18.0 Å². The third-order valence-electron chi connectivity index (χ3n) is 4.83. The zero-order valence-electron chi connectivity index (χ0n) is 15.0. The van der Waals surface area contributed by atoms with E-state index in [1.54, 1.807) is 6.07 Å². The number of alkyl halides is 3. The van der Waals surface area contributed by atoms with E-state index in [0.717, 1.165) is 57.3 Å². The number of nitrogens with zero attached hydrogens (tertiary/aromatic N) is 3. The number of aliphatic imine (C=N–C) groups is 1. The first kappa shape index (κ1) is 22.0. The van der Waals surface area contributed by atoms with Crippen LogP contribution in [-0.2, 0) is 6.18 Å². The van der Waals surface area contributed by atoms with Gasteiger partial charge in [-0.05, 0) is 44.5 Å². The number of hydrogen-bond acceptors (Lipinski definition) is 4. The van der Waals surface area contributed by atoms with Crippen molar-refractivity contribution in [2.24, 2.45) is 4.99 Å². The van der Waals surface area contributed by atoms with Gasteiger partial charge in [0.25, 0.3) is 0 Å². The molecule has 1 aromatic rings. The average Bonchev–Trinajstić information content (AvgIpc) is 2.92. The normalized spacial score (nSPS) is 21.2. The SMILES string of the molecule is CC1=NC(=O)SC1CCCN1CCN(c2cccc(C(F)(F)F)c2)CC1.Cl. The molecular formula is C18H23ClF3N3OS. The summed E-state index contributed by atoms with van der Waals surface area (Å²) in [6, 6.07) is 5.54. The minimum Gasteiger partial charge on any atom is -0.369 e.